The summed E-state index contributed by atoms with van der Waals surface area (Å²) in [5, 5.41) is 23.0. The van der Waals surface area contributed by atoms with Crippen LogP contribution in [0, 0.1) is 22.5 Å². The molecule has 1 aromatic rings. The number of hydrazine groups is 1. The molecule has 1 aromatic heterocycles. The van der Waals surface area contributed by atoms with E-state index in [2.05, 4.69) is 20.7 Å². The van der Waals surface area contributed by atoms with E-state index in [0.717, 1.165) is 6.42 Å². The summed E-state index contributed by atoms with van der Waals surface area (Å²) in [6, 6.07) is 0. The van der Waals surface area contributed by atoms with Crippen molar-refractivity contribution in [3.63, 3.8) is 0 Å². The van der Waals surface area contributed by atoms with Crippen molar-refractivity contribution in [1.29, 1.82) is 0 Å². The van der Waals surface area contributed by atoms with Crippen LogP contribution in [0.15, 0.2) is 0 Å². The molecule has 0 spiro atoms. The molecule has 5 N–H and O–H groups in total. The Morgan fingerprint density at radius 1 is 1.43 bits per heavy atom. The van der Waals surface area contributed by atoms with Gasteiger partial charge in [-0.1, -0.05) is 13.8 Å². The second-order valence-corrected chi connectivity index (χ2v) is 5.58. The van der Waals surface area contributed by atoms with Gasteiger partial charge >= 0.3 is 5.69 Å². The van der Waals surface area contributed by atoms with E-state index in [0.29, 0.717) is 13.0 Å². The summed E-state index contributed by atoms with van der Waals surface area (Å²) in [5.41, 5.74) is 2.23. The molecule has 1 heterocycles. The van der Waals surface area contributed by atoms with Gasteiger partial charge in [0.1, 0.15) is 5.69 Å². The van der Waals surface area contributed by atoms with Crippen LogP contribution in [0.25, 0.3) is 0 Å². The number of aliphatic hydroxyl groups is 1. The van der Waals surface area contributed by atoms with Gasteiger partial charge in [-0.15, -0.1) is 0 Å². The van der Waals surface area contributed by atoms with Gasteiger partial charge in [0.25, 0.3) is 0 Å². The zero-order chi connectivity index (χ0) is 16.0. The van der Waals surface area contributed by atoms with Gasteiger partial charge in [0.2, 0.25) is 11.8 Å². The molecule has 0 radical (unpaired) electrons. The fourth-order valence-electron chi connectivity index (χ4n) is 1.94. The van der Waals surface area contributed by atoms with Crippen LogP contribution in [0.2, 0.25) is 0 Å². The fraction of sp³-hybridized carbons (Fsp3) is 0.667. The molecule has 0 saturated heterocycles. The molecule has 0 saturated carbocycles. The van der Waals surface area contributed by atoms with Crippen molar-refractivity contribution < 1.29 is 10.0 Å². The number of nitrogen functional groups attached to an aromatic ring is 1. The maximum Gasteiger partial charge on any atom is 0.332 e. The van der Waals surface area contributed by atoms with Gasteiger partial charge < -0.3 is 10.4 Å². The number of aryl methyl sites for hydroxylation is 1. The maximum atomic E-state index is 11.1. The van der Waals surface area contributed by atoms with E-state index < -0.39 is 4.92 Å². The SMILES string of the molecule is Cc1nc(NN)nc(NCC(C)(C)CCCO)c1[N+](=O)[O-]. The number of hydrogen-bond donors (Lipinski definition) is 4. The largest absolute Gasteiger partial charge is 0.396 e. The van der Waals surface area contributed by atoms with Gasteiger partial charge in [-0.2, -0.15) is 4.98 Å². The van der Waals surface area contributed by atoms with E-state index >= 15 is 0 Å². The summed E-state index contributed by atoms with van der Waals surface area (Å²) in [5.74, 6) is 5.52. The summed E-state index contributed by atoms with van der Waals surface area (Å²) in [4.78, 5) is 18.5. The Hall–Kier alpha value is -2.00. The lowest BCUT2D eigenvalue weighted by molar-refractivity contribution is -0.385. The quantitative estimate of drug-likeness (QED) is 0.319. The van der Waals surface area contributed by atoms with Gasteiger partial charge in [0, 0.05) is 13.2 Å². The van der Waals surface area contributed by atoms with Gasteiger partial charge in [0.15, 0.2) is 0 Å². The first-order valence-corrected chi connectivity index (χ1v) is 6.65. The van der Waals surface area contributed by atoms with E-state index in [1.807, 2.05) is 13.8 Å². The molecule has 1 rings (SSSR count). The molecule has 0 fully saturated rings. The van der Waals surface area contributed by atoms with Crippen LogP contribution in [0.5, 0.6) is 0 Å². The average Bonchev–Trinajstić information content (AvgIpc) is 2.42. The Morgan fingerprint density at radius 3 is 2.62 bits per heavy atom. The molecule has 0 aliphatic heterocycles. The molecule has 9 nitrogen and oxygen atoms in total. The first-order valence-electron chi connectivity index (χ1n) is 6.65. The molecule has 118 valence electrons. The summed E-state index contributed by atoms with van der Waals surface area (Å²) >= 11 is 0. The minimum atomic E-state index is -0.515. The van der Waals surface area contributed by atoms with Gasteiger partial charge in [-0.25, -0.2) is 10.8 Å². The average molecular weight is 298 g/mol. The highest BCUT2D eigenvalue weighted by atomic mass is 16.6. The highest BCUT2D eigenvalue weighted by molar-refractivity contribution is 5.60. The lowest BCUT2D eigenvalue weighted by atomic mass is 9.88. The normalized spacial score (nSPS) is 11.3. The van der Waals surface area contributed by atoms with E-state index in [1.54, 1.807) is 0 Å². The Bertz CT molecular complexity index is 506. The second kappa shape index (κ2) is 7.14. The Labute approximate surface area is 123 Å². The molecule has 0 amide bonds. The number of hydrogen-bond acceptors (Lipinski definition) is 8. The van der Waals surface area contributed by atoms with Crippen LogP contribution < -0.4 is 16.6 Å². The summed E-state index contributed by atoms with van der Waals surface area (Å²) in [7, 11) is 0. The van der Waals surface area contributed by atoms with Crippen LogP contribution in [0.4, 0.5) is 17.5 Å². The molecule has 21 heavy (non-hydrogen) atoms. The minimum absolute atomic E-state index is 0.119. The van der Waals surface area contributed by atoms with Crippen molar-refractivity contribution in [2.24, 2.45) is 11.3 Å². The molecule has 9 heteroatoms. The number of aromatic nitrogens is 2. The van der Waals surface area contributed by atoms with Gasteiger partial charge in [-0.05, 0) is 25.2 Å². The summed E-state index contributed by atoms with van der Waals surface area (Å²) in [6.45, 7) is 6.16. The zero-order valence-corrected chi connectivity index (χ0v) is 12.5. The highest BCUT2D eigenvalue weighted by Gasteiger charge is 2.24. The number of nitrogens with one attached hydrogen (secondary N) is 2. The Morgan fingerprint density at radius 2 is 2.10 bits per heavy atom. The predicted molar refractivity (Wildman–Crippen MR) is 79.8 cm³/mol. The molecule has 0 aliphatic rings. The fourth-order valence-corrected chi connectivity index (χ4v) is 1.94. The molecule has 0 unspecified atom stereocenters. The third-order valence-electron chi connectivity index (χ3n) is 3.12. The van der Waals surface area contributed by atoms with E-state index in [9.17, 15) is 10.1 Å². The van der Waals surface area contributed by atoms with E-state index in [-0.39, 0.29) is 35.2 Å². The van der Waals surface area contributed by atoms with Crippen molar-refractivity contribution in [3.05, 3.63) is 15.8 Å². The second-order valence-electron chi connectivity index (χ2n) is 5.58. The monoisotopic (exact) mass is 298 g/mol. The number of nitrogens with two attached hydrogens (primary N) is 1. The van der Waals surface area contributed by atoms with Crippen molar-refractivity contribution in [1.82, 2.24) is 9.97 Å². The molecular formula is C12H22N6O3. The number of rotatable bonds is 8. The lowest BCUT2D eigenvalue weighted by Gasteiger charge is -2.25. The van der Waals surface area contributed by atoms with Crippen molar-refractivity contribution >= 4 is 17.5 Å². The lowest BCUT2D eigenvalue weighted by Crippen LogP contribution is -2.25. The smallest absolute Gasteiger partial charge is 0.332 e. The van der Waals surface area contributed by atoms with E-state index in [4.69, 9.17) is 10.9 Å². The topological polar surface area (TPSA) is 139 Å². The standard InChI is InChI=1S/C12H22N6O3/c1-8-9(18(20)21)10(16-11(15-8)17-13)14-7-12(2,3)5-4-6-19/h19H,4-7,13H2,1-3H3,(H2,14,15,16,17). The molecule has 0 aromatic carbocycles. The Balaban J connectivity index is 2.96. The van der Waals surface area contributed by atoms with Crippen LogP contribution in [-0.4, -0.2) is 33.1 Å². The Kier molecular flexibility index (Phi) is 5.79. The van der Waals surface area contributed by atoms with Crippen LogP contribution in [0.3, 0.4) is 0 Å². The molecule has 0 atom stereocenters. The first-order chi connectivity index (χ1) is 9.80. The maximum absolute atomic E-state index is 11.1. The van der Waals surface area contributed by atoms with E-state index in [1.165, 1.54) is 6.92 Å². The van der Waals surface area contributed by atoms with Crippen LogP contribution in [-0.2, 0) is 0 Å². The zero-order valence-electron chi connectivity index (χ0n) is 12.5. The number of aliphatic hydroxyl groups excluding tert-OH is 1. The third kappa shape index (κ3) is 4.80. The number of anilines is 2. The van der Waals surface area contributed by atoms with Crippen LogP contribution in [0.1, 0.15) is 32.4 Å². The van der Waals surface area contributed by atoms with Crippen molar-refractivity contribution in [2.45, 2.75) is 33.6 Å². The first kappa shape index (κ1) is 17.1. The van der Waals surface area contributed by atoms with Gasteiger partial charge in [0.05, 0.1) is 4.92 Å². The number of nitrogens with zero attached hydrogens (tertiary/aromatic N) is 3. The minimum Gasteiger partial charge on any atom is -0.396 e. The highest BCUT2D eigenvalue weighted by Crippen LogP contribution is 2.29. The van der Waals surface area contributed by atoms with Gasteiger partial charge in [-0.3, -0.25) is 15.5 Å². The summed E-state index contributed by atoms with van der Waals surface area (Å²) < 4.78 is 0. The van der Waals surface area contributed by atoms with Crippen LogP contribution >= 0.6 is 0 Å². The molecule has 0 aliphatic carbocycles. The predicted octanol–water partition coefficient (Wildman–Crippen LogP) is 1.19. The van der Waals surface area contributed by atoms with Crippen molar-refractivity contribution in [2.75, 3.05) is 23.9 Å². The summed E-state index contributed by atoms with van der Waals surface area (Å²) in [6.07, 6.45) is 1.46. The van der Waals surface area contributed by atoms with Crippen molar-refractivity contribution in [3.8, 4) is 0 Å². The molecule has 0 bridgehead atoms. The third-order valence-corrected chi connectivity index (χ3v) is 3.12. The number of nitro groups is 1. The molecular weight excluding hydrogens is 276 g/mol.